The molecule has 1 aliphatic heterocycles. The van der Waals surface area contributed by atoms with Gasteiger partial charge in [-0.15, -0.1) is 0 Å². The predicted molar refractivity (Wildman–Crippen MR) is 135 cm³/mol. The average molecular weight is 525 g/mol. The molecule has 5 heterocycles. The van der Waals surface area contributed by atoms with E-state index < -0.39 is 17.2 Å². The van der Waals surface area contributed by atoms with Crippen LogP contribution in [0, 0.1) is 25.5 Å². The highest BCUT2D eigenvalue weighted by atomic mass is 35.5. The summed E-state index contributed by atoms with van der Waals surface area (Å²) in [5.41, 5.74) is 2.50. The Hall–Kier alpha value is -3.92. The minimum absolute atomic E-state index is 0.0731. The van der Waals surface area contributed by atoms with Crippen LogP contribution in [0.4, 0.5) is 14.7 Å². The van der Waals surface area contributed by atoms with E-state index in [2.05, 4.69) is 19.9 Å². The Labute approximate surface area is 216 Å². The predicted octanol–water partition coefficient (Wildman–Crippen LogP) is 4.81. The fraction of sp³-hybridized carbons (Fsp3) is 0.269. The molecule has 1 saturated heterocycles. The Bertz CT molecular complexity index is 1540. The SMILES string of the molecule is Cc1cnc(-c2ccnc(N3CCCC3)n2)cc1-n1c(C)cc(OCc2ncc(F)cc2F)c(Cl)c1=O. The van der Waals surface area contributed by atoms with Gasteiger partial charge in [0.25, 0.3) is 5.56 Å². The summed E-state index contributed by atoms with van der Waals surface area (Å²) >= 11 is 6.38. The smallest absolute Gasteiger partial charge is 0.277 e. The van der Waals surface area contributed by atoms with Crippen LogP contribution in [0.2, 0.25) is 5.02 Å². The number of hydrogen-bond acceptors (Lipinski definition) is 7. The van der Waals surface area contributed by atoms with Crippen molar-refractivity contribution >= 4 is 17.5 Å². The van der Waals surface area contributed by atoms with Gasteiger partial charge in [0.15, 0.2) is 5.82 Å². The van der Waals surface area contributed by atoms with Crippen LogP contribution >= 0.6 is 11.6 Å². The van der Waals surface area contributed by atoms with Gasteiger partial charge in [-0.1, -0.05) is 11.6 Å². The van der Waals surface area contributed by atoms with E-state index in [1.54, 1.807) is 37.5 Å². The third-order valence-corrected chi connectivity index (χ3v) is 6.51. The summed E-state index contributed by atoms with van der Waals surface area (Å²) in [6.45, 7) is 5.09. The molecule has 0 spiro atoms. The van der Waals surface area contributed by atoms with Crippen LogP contribution in [0.3, 0.4) is 0 Å². The molecule has 0 bridgehead atoms. The Balaban J connectivity index is 1.48. The topological polar surface area (TPSA) is 86.0 Å². The van der Waals surface area contributed by atoms with Gasteiger partial charge in [-0.3, -0.25) is 19.3 Å². The van der Waals surface area contributed by atoms with E-state index in [0.29, 0.717) is 34.8 Å². The largest absolute Gasteiger partial charge is 0.485 e. The fourth-order valence-electron chi connectivity index (χ4n) is 4.24. The minimum Gasteiger partial charge on any atom is -0.485 e. The van der Waals surface area contributed by atoms with Gasteiger partial charge in [0.05, 0.1) is 23.3 Å². The third-order valence-electron chi connectivity index (χ3n) is 6.16. The first-order valence-electron chi connectivity index (χ1n) is 11.7. The van der Waals surface area contributed by atoms with Gasteiger partial charge >= 0.3 is 0 Å². The zero-order valence-corrected chi connectivity index (χ0v) is 21.0. The zero-order valence-electron chi connectivity index (χ0n) is 20.2. The molecule has 0 amide bonds. The van der Waals surface area contributed by atoms with Crippen molar-refractivity contribution in [2.75, 3.05) is 18.0 Å². The fourth-order valence-corrected chi connectivity index (χ4v) is 4.43. The van der Waals surface area contributed by atoms with E-state index in [4.69, 9.17) is 21.3 Å². The monoisotopic (exact) mass is 524 g/mol. The lowest BCUT2D eigenvalue weighted by Crippen LogP contribution is -2.23. The van der Waals surface area contributed by atoms with E-state index in [0.717, 1.165) is 37.7 Å². The van der Waals surface area contributed by atoms with Crippen LogP contribution in [-0.2, 0) is 6.61 Å². The maximum absolute atomic E-state index is 13.9. The first-order valence-corrected chi connectivity index (χ1v) is 12.1. The van der Waals surface area contributed by atoms with Gasteiger partial charge in [0.1, 0.15) is 28.9 Å². The number of ether oxygens (including phenoxy) is 1. The summed E-state index contributed by atoms with van der Waals surface area (Å²) in [4.78, 5) is 32.8. The van der Waals surface area contributed by atoms with Gasteiger partial charge < -0.3 is 9.64 Å². The molecule has 4 aromatic rings. The highest BCUT2D eigenvalue weighted by molar-refractivity contribution is 6.31. The number of aromatic nitrogens is 5. The molecule has 0 saturated carbocycles. The highest BCUT2D eigenvalue weighted by Gasteiger charge is 2.19. The quantitative estimate of drug-likeness (QED) is 0.358. The molecule has 0 aliphatic carbocycles. The van der Waals surface area contributed by atoms with Gasteiger partial charge in [0, 0.05) is 43.3 Å². The highest BCUT2D eigenvalue weighted by Crippen LogP contribution is 2.27. The number of aryl methyl sites for hydroxylation is 2. The average Bonchev–Trinajstić information content (AvgIpc) is 3.43. The van der Waals surface area contributed by atoms with Gasteiger partial charge in [-0.05, 0) is 44.4 Å². The molecule has 1 aliphatic rings. The molecule has 1 fully saturated rings. The van der Waals surface area contributed by atoms with Crippen molar-refractivity contribution in [1.82, 2.24) is 24.5 Å². The number of anilines is 1. The first kappa shape index (κ1) is 24.8. The normalized spacial score (nSPS) is 13.3. The molecule has 190 valence electrons. The lowest BCUT2D eigenvalue weighted by molar-refractivity contribution is 0.292. The van der Waals surface area contributed by atoms with Crippen molar-refractivity contribution in [1.29, 1.82) is 0 Å². The summed E-state index contributed by atoms with van der Waals surface area (Å²) in [5.74, 6) is -0.911. The molecule has 0 unspecified atom stereocenters. The second-order valence-corrected chi connectivity index (χ2v) is 9.15. The summed E-state index contributed by atoms with van der Waals surface area (Å²) < 4.78 is 34.1. The lowest BCUT2D eigenvalue weighted by Gasteiger charge is -2.17. The number of nitrogens with zero attached hydrogens (tertiary/aromatic N) is 6. The van der Waals surface area contributed by atoms with E-state index in [9.17, 15) is 13.6 Å². The zero-order chi connectivity index (χ0) is 26.1. The maximum atomic E-state index is 13.9. The minimum atomic E-state index is -0.848. The van der Waals surface area contributed by atoms with E-state index in [-0.39, 0.29) is 23.1 Å². The molecule has 0 radical (unpaired) electrons. The lowest BCUT2D eigenvalue weighted by atomic mass is 10.1. The third kappa shape index (κ3) is 5.01. The molecule has 8 nitrogen and oxygen atoms in total. The molecule has 37 heavy (non-hydrogen) atoms. The summed E-state index contributed by atoms with van der Waals surface area (Å²) in [7, 11) is 0. The van der Waals surface area contributed by atoms with Crippen molar-refractivity contribution < 1.29 is 13.5 Å². The standard InChI is InChI=1S/C26H23ClF2N6O2/c1-15-12-31-20(19-5-6-30-26(33-19)34-7-3-4-8-34)11-22(15)35-16(2)9-23(24(27)25(35)36)37-14-21-18(29)10-17(28)13-32-21/h5-6,9-13H,3-4,7-8,14H2,1-2H3. The maximum Gasteiger partial charge on any atom is 0.277 e. The van der Waals surface area contributed by atoms with E-state index in [1.807, 2.05) is 6.92 Å². The van der Waals surface area contributed by atoms with Crippen LogP contribution in [0.25, 0.3) is 17.1 Å². The van der Waals surface area contributed by atoms with Gasteiger partial charge in [-0.2, -0.15) is 0 Å². The van der Waals surface area contributed by atoms with Crippen LogP contribution in [0.1, 0.15) is 29.8 Å². The van der Waals surface area contributed by atoms with Crippen LogP contribution in [-0.4, -0.2) is 37.6 Å². The van der Waals surface area contributed by atoms with Crippen molar-refractivity contribution in [3.8, 4) is 22.8 Å². The van der Waals surface area contributed by atoms with Gasteiger partial charge in [0.2, 0.25) is 5.95 Å². The number of pyridine rings is 3. The van der Waals surface area contributed by atoms with E-state index >= 15 is 0 Å². The summed E-state index contributed by atoms with van der Waals surface area (Å²) in [5, 5.41) is -0.177. The molecular formula is C26H23ClF2N6O2. The Morgan fingerprint density at radius 1 is 1.03 bits per heavy atom. The van der Waals surface area contributed by atoms with Crippen molar-refractivity contribution in [3.05, 3.63) is 86.8 Å². The number of halogens is 3. The second-order valence-electron chi connectivity index (χ2n) is 8.77. The Morgan fingerprint density at radius 3 is 2.57 bits per heavy atom. The van der Waals surface area contributed by atoms with Crippen molar-refractivity contribution in [2.45, 2.75) is 33.3 Å². The Kier molecular flexibility index (Phi) is 6.84. The molecular weight excluding hydrogens is 502 g/mol. The molecule has 4 aromatic heterocycles. The second kappa shape index (κ2) is 10.2. The molecule has 11 heteroatoms. The van der Waals surface area contributed by atoms with Crippen LogP contribution in [0.5, 0.6) is 5.75 Å². The van der Waals surface area contributed by atoms with Crippen molar-refractivity contribution in [3.63, 3.8) is 0 Å². The molecule has 0 aromatic carbocycles. The first-order chi connectivity index (χ1) is 17.8. The van der Waals surface area contributed by atoms with Gasteiger partial charge in [-0.25, -0.2) is 18.7 Å². The number of hydrogen-bond donors (Lipinski definition) is 0. The number of rotatable bonds is 6. The van der Waals surface area contributed by atoms with Crippen LogP contribution < -0.4 is 15.2 Å². The van der Waals surface area contributed by atoms with E-state index in [1.165, 1.54) is 4.57 Å². The Morgan fingerprint density at radius 2 is 1.81 bits per heavy atom. The van der Waals surface area contributed by atoms with Crippen LogP contribution in [0.15, 0.2) is 47.7 Å². The summed E-state index contributed by atoms with van der Waals surface area (Å²) in [6, 6.07) is 5.87. The molecule has 0 N–H and O–H groups in total. The molecule has 0 atom stereocenters. The summed E-state index contributed by atoms with van der Waals surface area (Å²) in [6.07, 6.45) is 6.49. The van der Waals surface area contributed by atoms with Crippen molar-refractivity contribution in [2.24, 2.45) is 0 Å². The molecule has 5 rings (SSSR count).